The Balaban J connectivity index is 1.17. The van der Waals surface area contributed by atoms with Gasteiger partial charge in [0.15, 0.2) is 0 Å². The smallest absolute Gasteiger partial charge is 0.119 e. The molecule has 0 aliphatic carbocycles. The van der Waals surface area contributed by atoms with Gasteiger partial charge in [0, 0.05) is 13.0 Å². The molecule has 4 nitrogen and oxygen atoms in total. The van der Waals surface area contributed by atoms with Crippen molar-refractivity contribution in [2.24, 2.45) is 0 Å². The predicted molar refractivity (Wildman–Crippen MR) is 113 cm³/mol. The van der Waals surface area contributed by atoms with E-state index in [-0.39, 0.29) is 0 Å². The molecule has 0 fully saturated rings. The van der Waals surface area contributed by atoms with Gasteiger partial charge in [0.05, 0.1) is 11.0 Å². The summed E-state index contributed by atoms with van der Waals surface area (Å²) in [6.45, 7) is 2.42. The van der Waals surface area contributed by atoms with E-state index in [9.17, 15) is 0 Å². The van der Waals surface area contributed by atoms with Crippen molar-refractivity contribution in [2.75, 3.05) is 6.54 Å². The number of hydrogen-bond acceptors (Lipinski definition) is 3. The van der Waals surface area contributed by atoms with E-state index in [4.69, 9.17) is 4.74 Å². The van der Waals surface area contributed by atoms with Gasteiger partial charge in [-0.25, -0.2) is 4.98 Å². The van der Waals surface area contributed by atoms with Crippen molar-refractivity contribution in [3.63, 3.8) is 0 Å². The molecule has 142 valence electrons. The van der Waals surface area contributed by atoms with Crippen LogP contribution in [0.4, 0.5) is 0 Å². The van der Waals surface area contributed by atoms with E-state index < -0.39 is 0 Å². The number of aromatic nitrogens is 2. The molecule has 1 heterocycles. The number of hydrogen-bond donors (Lipinski definition) is 2. The normalized spacial score (nSPS) is 11.0. The monoisotopic (exact) mass is 371 g/mol. The third-order valence-electron chi connectivity index (χ3n) is 4.71. The van der Waals surface area contributed by atoms with Crippen LogP contribution in [0.3, 0.4) is 0 Å². The summed E-state index contributed by atoms with van der Waals surface area (Å²) in [7, 11) is 0. The Labute approximate surface area is 165 Å². The number of benzene rings is 3. The lowest BCUT2D eigenvalue weighted by atomic mass is 10.2. The molecule has 0 saturated carbocycles. The SMILES string of the molecule is c1ccc(COc2ccc(CNCCCc3nc4ccccc4[nH]3)cc2)cc1. The summed E-state index contributed by atoms with van der Waals surface area (Å²) in [5.74, 6) is 1.96. The van der Waals surface area contributed by atoms with Crippen molar-refractivity contribution >= 4 is 11.0 Å². The minimum absolute atomic E-state index is 0.597. The molecule has 0 aliphatic rings. The van der Waals surface area contributed by atoms with Gasteiger partial charge in [0.2, 0.25) is 0 Å². The number of fused-ring (bicyclic) bond motifs is 1. The highest BCUT2D eigenvalue weighted by molar-refractivity contribution is 5.74. The Hall–Kier alpha value is -3.11. The van der Waals surface area contributed by atoms with Crippen molar-refractivity contribution in [2.45, 2.75) is 26.0 Å². The number of aryl methyl sites for hydroxylation is 1. The molecule has 1 aromatic heterocycles. The van der Waals surface area contributed by atoms with Crippen LogP contribution in [0, 0.1) is 0 Å². The quantitative estimate of drug-likeness (QED) is 0.413. The number of H-pyrrole nitrogens is 1. The molecule has 28 heavy (non-hydrogen) atoms. The average Bonchev–Trinajstić information content (AvgIpc) is 3.16. The van der Waals surface area contributed by atoms with E-state index in [1.807, 2.05) is 48.5 Å². The van der Waals surface area contributed by atoms with Crippen LogP contribution in [0.5, 0.6) is 5.75 Å². The second kappa shape index (κ2) is 9.20. The highest BCUT2D eigenvalue weighted by Gasteiger charge is 2.02. The van der Waals surface area contributed by atoms with Gasteiger partial charge in [-0.05, 0) is 48.4 Å². The summed E-state index contributed by atoms with van der Waals surface area (Å²) in [6, 6.07) is 26.7. The predicted octanol–water partition coefficient (Wildman–Crippen LogP) is 4.86. The minimum Gasteiger partial charge on any atom is -0.489 e. The lowest BCUT2D eigenvalue weighted by Crippen LogP contribution is -2.15. The standard InChI is InChI=1S/C24H25N3O/c1-2-7-20(8-3-1)18-28-21-14-12-19(13-15-21)17-25-16-6-11-24-26-22-9-4-5-10-23(22)27-24/h1-5,7-10,12-15,25H,6,11,16-18H2,(H,26,27). The number of imidazole rings is 1. The molecule has 4 aromatic rings. The molecule has 0 aliphatic heterocycles. The second-order valence-corrected chi connectivity index (χ2v) is 6.90. The van der Waals surface area contributed by atoms with Crippen molar-refractivity contribution < 1.29 is 4.74 Å². The van der Waals surface area contributed by atoms with Gasteiger partial charge in [0.25, 0.3) is 0 Å². The van der Waals surface area contributed by atoms with Crippen LogP contribution in [0.25, 0.3) is 11.0 Å². The topological polar surface area (TPSA) is 49.9 Å². The van der Waals surface area contributed by atoms with Crippen molar-refractivity contribution in [1.29, 1.82) is 0 Å². The van der Waals surface area contributed by atoms with Crippen LogP contribution in [0.1, 0.15) is 23.4 Å². The van der Waals surface area contributed by atoms with Crippen molar-refractivity contribution in [3.8, 4) is 5.75 Å². The summed E-state index contributed by atoms with van der Waals surface area (Å²) in [5, 5.41) is 3.50. The Morgan fingerprint density at radius 2 is 1.61 bits per heavy atom. The number of rotatable bonds is 9. The van der Waals surface area contributed by atoms with Gasteiger partial charge in [0.1, 0.15) is 18.2 Å². The molecule has 0 spiro atoms. The number of ether oxygens (including phenoxy) is 1. The average molecular weight is 371 g/mol. The first kappa shape index (κ1) is 18.3. The zero-order valence-electron chi connectivity index (χ0n) is 15.9. The highest BCUT2D eigenvalue weighted by atomic mass is 16.5. The van der Waals surface area contributed by atoms with Gasteiger partial charge in [-0.2, -0.15) is 0 Å². The first-order chi connectivity index (χ1) is 13.9. The molecule has 0 atom stereocenters. The fourth-order valence-corrected chi connectivity index (χ4v) is 3.18. The van der Waals surface area contributed by atoms with E-state index in [1.54, 1.807) is 0 Å². The zero-order valence-corrected chi connectivity index (χ0v) is 15.9. The fourth-order valence-electron chi connectivity index (χ4n) is 3.18. The van der Waals surface area contributed by atoms with Crippen LogP contribution in [-0.4, -0.2) is 16.5 Å². The Bertz CT molecular complexity index is 960. The van der Waals surface area contributed by atoms with Gasteiger partial charge in [-0.1, -0.05) is 54.6 Å². The maximum absolute atomic E-state index is 5.83. The van der Waals surface area contributed by atoms with Crippen molar-refractivity contribution in [1.82, 2.24) is 15.3 Å². The molecule has 3 aromatic carbocycles. The summed E-state index contributed by atoms with van der Waals surface area (Å²) in [4.78, 5) is 8.00. The maximum atomic E-state index is 5.83. The number of nitrogens with zero attached hydrogens (tertiary/aromatic N) is 1. The molecule has 0 radical (unpaired) electrons. The molecular formula is C24H25N3O. The largest absolute Gasteiger partial charge is 0.489 e. The Morgan fingerprint density at radius 3 is 2.43 bits per heavy atom. The molecule has 2 N–H and O–H groups in total. The van der Waals surface area contributed by atoms with Gasteiger partial charge >= 0.3 is 0 Å². The molecule has 4 heteroatoms. The van der Waals surface area contributed by atoms with E-state index >= 15 is 0 Å². The molecule has 4 rings (SSSR count). The molecular weight excluding hydrogens is 346 g/mol. The first-order valence-electron chi connectivity index (χ1n) is 9.77. The van der Waals surface area contributed by atoms with Crippen LogP contribution in [-0.2, 0) is 19.6 Å². The molecule has 0 bridgehead atoms. The van der Waals surface area contributed by atoms with E-state index in [0.29, 0.717) is 6.61 Å². The molecule has 0 saturated heterocycles. The van der Waals surface area contributed by atoms with Crippen LogP contribution in [0.2, 0.25) is 0 Å². The third-order valence-corrected chi connectivity index (χ3v) is 4.71. The zero-order chi connectivity index (χ0) is 19.0. The summed E-state index contributed by atoms with van der Waals surface area (Å²) in [5.41, 5.74) is 4.59. The first-order valence-corrected chi connectivity index (χ1v) is 9.77. The molecule has 0 amide bonds. The van der Waals surface area contributed by atoms with Crippen LogP contribution >= 0.6 is 0 Å². The van der Waals surface area contributed by atoms with Gasteiger partial charge in [-0.15, -0.1) is 0 Å². The van der Waals surface area contributed by atoms with E-state index in [2.05, 4.69) is 45.6 Å². The lowest BCUT2D eigenvalue weighted by Gasteiger charge is -2.08. The second-order valence-electron chi connectivity index (χ2n) is 6.90. The lowest BCUT2D eigenvalue weighted by molar-refractivity contribution is 0.306. The summed E-state index contributed by atoms with van der Waals surface area (Å²) < 4.78 is 5.83. The third kappa shape index (κ3) is 4.99. The Morgan fingerprint density at radius 1 is 0.821 bits per heavy atom. The minimum atomic E-state index is 0.597. The van der Waals surface area contributed by atoms with Crippen molar-refractivity contribution in [3.05, 3.63) is 95.8 Å². The Kier molecular flexibility index (Phi) is 6.00. The number of para-hydroxylation sites is 2. The van der Waals surface area contributed by atoms with Crippen LogP contribution in [0.15, 0.2) is 78.9 Å². The highest BCUT2D eigenvalue weighted by Crippen LogP contribution is 2.14. The van der Waals surface area contributed by atoms with Crippen LogP contribution < -0.4 is 10.1 Å². The number of nitrogens with one attached hydrogen (secondary N) is 2. The van der Waals surface area contributed by atoms with E-state index in [0.717, 1.165) is 48.5 Å². The molecule has 0 unspecified atom stereocenters. The van der Waals surface area contributed by atoms with Gasteiger partial charge in [-0.3, -0.25) is 0 Å². The summed E-state index contributed by atoms with van der Waals surface area (Å²) >= 11 is 0. The van der Waals surface area contributed by atoms with Gasteiger partial charge < -0.3 is 15.0 Å². The maximum Gasteiger partial charge on any atom is 0.119 e. The number of aromatic amines is 1. The summed E-state index contributed by atoms with van der Waals surface area (Å²) in [6.07, 6.45) is 2.01. The van der Waals surface area contributed by atoms with E-state index in [1.165, 1.54) is 11.1 Å². The fraction of sp³-hybridized carbons (Fsp3) is 0.208.